The fraction of sp³-hybridized carbons (Fsp3) is 0.480. The van der Waals surface area contributed by atoms with Crippen LogP contribution in [0.2, 0.25) is 0 Å². The van der Waals surface area contributed by atoms with Crippen LogP contribution in [0.5, 0.6) is 0 Å². The third-order valence-electron chi connectivity index (χ3n) is 7.76. The van der Waals surface area contributed by atoms with Crippen LogP contribution in [0, 0.1) is 11.3 Å². The third kappa shape index (κ3) is 3.36. The van der Waals surface area contributed by atoms with Gasteiger partial charge in [-0.15, -0.1) is 0 Å². The Labute approximate surface area is 184 Å². The average molecular weight is 439 g/mol. The van der Waals surface area contributed by atoms with Gasteiger partial charge in [-0.05, 0) is 60.8 Å². The van der Waals surface area contributed by atoms with Crippen LogP contribution < -0.4 is 10.5 Å². The highest BCUT2D eigenvalue weighted by molar-refractivity contribution is 7.90. The quantitative estimate of drug-likeness (QED) is 0.723. The SMILES string of the molecule is CCC1CC12CCN(c1ccc(S(C)(=O)=O)cc1-c1cn(C)c(=O)c3c1C=CC3)CC2. The first-order valence-corrected chi connectivity index (χ1v) is 13.1. The van der Waals surface area contributed by atoms with E-state index in [1.165, 1.54) is 31.9 Å². The first-order valence-electron chi connectivity index (χ1n) is 11.2. The van der Waals surface area contributed by atoms with Crippen LogP contribution in [-0.2, 0) is 23.3 Å². The second-order valence-corrected chi connectivity index (χ2v) is 11.6. The Morgan fingerprint density at radius 1 is 1.16 bits per heavy atom. The van der Waals surface area contributed by atoms with Crippen molar-refractivity contribution < 1.29 is 8.42 Å². The molecule has 3 aliphatic rings. The lowest BCUT2D eigenvalue weighted by Crippen LogP contribution is -2.35. The maximum Gasteiger partial charge on any atom is 0.254 e. The Balaban J connectivity index is 1.62. The molecule has 1 aromatic heterocycles. The van der Waals surface area contributed by atoms with Gasteiger partial charge in [0.25, 0.3) is 5.56 Å². The molecule has 2 aromatic rings. The van der Waals surface area contributed by atoms with E-state index in [9.17, 15) is 13.2 Å². The van der Waals surface area contributed by atoms with Crippen molar-refractivity contribution in [2.75, 3.05) is 24.2 Å². The zero-order valence-corrected chi connectivity index (χ0v) is 19.3. The van der Waals surface area contributed by atoms with Gasteiger partial charge >= 0.3 is 0 Å². The summed E-state index contributed by atoms with van der Waals surface area (Å²) in [5, 5.41) is 0. The summed E-state index contributed by atoms with van der Waals surface area (Å²) in [6.07, 6.45) is 12.8. The van der Waals surface area contributed by atoms with Crippen molar-refractivity contribution in [1.82, 2.24) is 4.57 Å². The standard InChI is InChI=1S/C25H30N2O3S/c1-4-17-15-25(17)10-12-27(13-11-25)23-9-8-18(31(3,29)30)14-21(23)22-16-26(2)24(28)20-7-5-6-19(20)22/h5-6,8-9,14,16-17H,4,7,10-13,15H2,1-3H3. The molecule has 1 saturated heterocycles. The van der Waals surface area contributed by atoms with Crippen LogP contribution in [0.3, 0.4) is 0 Å². The number of sulfone groups is 1. The van der Waals surface area contributed by atoms with Crippen molar-refractivity contribution in [3.63, 3.8) is 0 Å². The number of aromatic nitrogens is 1. The minimum atomic E-state index is -3.34. The molecule has 1 aromatic carbocycles. The molecule has 0 amide bonds. The molecule has 164 valence electrons. The topological polar surface area (TPSA) is 59.4 Å². The molecule has 31 heavy (non-hydrogen) atoms. The number of nitrogens with zero attached hydrogens (tertiary/aromatic N) is 2. The summed E-state index contributed by atoms with van der Waals surface area (Å²) in [6, 6.07) is 5.49. The van der Waals surface area contributed by atoms with E-state index in [-0.39, 0.29) is 5.56 Å². The number of hydrogen-bond acceptors (Lipinski definition) is 4. The van der Waals surface area contributed by atoms with Crippen molar-refractivity contribution in [1.29, 1.82) is 0 Å². The fourth-order valence-corrected chi connectivity index (χ4v) is 6.41. The van der Waals surface area contributed by atoms with Crippen molar-refractivity contribution in [2.45, 2.75) is 43.9 Å². The van der Waals surface area contributed by atoms with E-state index in [4.69, 9.17) is 0 Å². The van der Waals surface area contributed by atoms with E-state index in [0.717, 1.165) is 46.9 Å². The Morgan fingerprint density at radius 2 is 1.90 bits per heavy atom. The van der Waals surface area contributed by atoms with E-state index in [1.54, 1.807) is 23.7 Å². The van der Waals surface area contributed by atoms with E-state index >= 15 is 0 Å². The first kappa shape index (κ1) is 20.6. The average Bonchev–Trinajstić information content (AvgIpc) is 3.18. The second kappa shape index (κ2) is 7.09. The molecule has 5 nitrogen and oxygen atoms in total. The maximum atomic E-state index is 12.6. The van der Waals surface area contributed by atoms with Crippen molar-refractivity contribution in [3.8, 4) is 11.1 Å². The van der Waals surface area contributed by atoms with Gasteiger partial charge in [-0.25, -0.2) is 8.42 Å². The minimum Gasteiger partial charge on any atom is -0.371 e. The van der Waals surface area contributed by atoms with Crippen molar-refractivity contribution in [2.24, 2.45) is 18.4 Å². The number of aryl methyl sites for hydroxylation is 1. The Hall–Kier alpha value is -2.34. The first-order chi connectivity index (χ1) is 14.7. The summed E-state index contributed by atoms with van der Waals surface area (Å²) in [7, 11) is -1.57. The van der Waals surface area contributed by atoms with Gasteiger partial charge in [-0.3, -0.25) is 4.79 Å². The van der Waals surface area contributed by atoms with Gasteiger partial charge in [0.2, 0.25) is 0 Å². The van der Waals surface area contributed by atoms with Crippen LogP contribution in [0.15, 0.2) is 40.2 Å². The third-order valence-corrected chi connectivity index (χ3v) is 8.87. The smallest absolute Gasteiger partial charge is 0.254 e. The molecule has 2 fully saturated rings. The van der Waals surface area contributed by atoms with Crippen molar-refractivity contribution >= 4 is 21.6 Å². The van der Waals surface area contributed by atoms with E-state index < -0.39 is 9.84 Å². The van der Waals surface area contributed by atoms with Gasteiger partial charge in [0, 0.05) is 55.0 Å². The van der Waals surface area contributed by atoms with Crippen LogP contribution in [0.4, 0.5) is 5.69 Å². The lowest BCUT2D eigenvalue weighted by Gasteiger charge is -2.36. The molecule has 1 saturated carbocycles. The van der Waals surface area contributed by atoms with Crippen molar-refractivity contribution in [3.05, 3.63) is 52.0 Å². The Bertz CT molecular complexity index is 1250. The molecule has 2 aliphatic carbocycles. The largest absolute Gasteiger partial charge is 0.371 e. The van der Waals surface area contributed by atoms with Gasteiger partial charge in [0.1, 0.15) is 0 Å². The summed E-state index contributed by atoms with van der Waals surface area (Å²) in [6.45, 7) is 4.28. The highest BCUT2D eigenvalue weighted by atomic mass is 32.2. The number of allylic oxidation sites excluding steroid dienone is 1. The van der Waals surface area contributed by atoms with Gasteiger partial charge in [0.05, 0.1) is 4.90 Å². The van der Waals surface area contributed by atoms with Crippen LogP contribution >= 0.6 is 0 Å². The summed E-state index contributed by atoms with van der Waals surface area (Å²) < 4.78 is 26.3. The predicted molar refractivity (Wildman–Crippen MR) is 125 cm³/mol. The molecule has 0 radical (unpaired) electrons. The number of anilines is 1. The van der Waals surface area contributed by atoms with Crippen LogP contribution in [-0.4, -0.2) is 32.3 Å². The number of rotatable bonds is 4. The van der Waals surface area contributed by atoms with Gasteiger partial charge in [-0.2, -0.15) is 0 Å². The molecule has 1 aliphatic heterocycles. The molecular weight excluding hydrogens is 408 g/mol. The molecule has 0 bridgehead atoms. The predicted octanol–water partition coefficient (Wildman–Crippen LogP) is 4.04. The van der Waals surface area contributed by atoms with Crippen LogP contribution in [0.1, 0.15) is 43.7 Å². The highest BCUT2D eigenvalue weighted by Gasteiger charge is 2.53. The molecule has 2 heterocycles. The van der Waals surface area contributed by atoms with E-state index in [2.05, 4.69) is 11.8 Å². The summed E-state index contributed by atoms with van der Waals surface area (Å²) >= 11 is 0. The molecule has 0 N–H and O–H groups in total. The lowest BCUT2D eigenvalue weighted by molar-refractivity contribution is 0.346. The number of fused-ring (bicyclic) bond motifs is 1. The maximum absolute atomic E-state index is 12.6. The molecule has 1 unspecified atom stereocenters. The lowest BCUT2D eigenvalue weighted by atomic mass is 9.89. The van der Waals surface area contributed by atoms with Gasteiger partial charge in [0.15, 0.2) is 9.84 Å². The summed E-state index contributed by atoms with van der Waals surface area (Å²) in [4.78, 5) is 15.3. The second-order valence-electron chi connectivity index (χ2n) is 9.57. The minimum absolute atomic E-state index is 0.0174. The van der Waals surface area contributed by atoms with Gasteiger partial charge in [-0.1, -0.05) is 25.5 Å². The number of pyridine rings is 1. The molecule has 6 heteroatoms. The molecule has 1 atom stereocenters. The molecular formula is C25H30N2O3S. The van der Waals surface area contributed by atoms with Crippen LogP contribution in [0.25, 0.3) is 17.2 Å². The fourth-order valence-electron chi connectivity index (χ4n) is 5.76. The summed E-state index contributed by atoms with van der Waals surface area (Å²) in [5.41, 5.74) is 5.18. The molecule has 1 spiro atoms. The monoisotopic (exact) mass is 438 g/mol. The Morgan fingerprint density at radius 3 is 2.55 bits per heavy atom. The Kier molecular flexibility index (Phi) is 4.70. The van der Waals surface area contributed by atoms with E-state index in [0.29, 0.717) is 16.7 Å². The molecule has 5 rings (SSSR count). The number of hydrogen-bond donors (Lipinski definition) is 0. The highest BCUT2D eigenvalue weighted by Crippen LogP contribution is 2.61. The zero-order valence-electron chi connectivity index (χ0n) is 18.5. The number of benzene rings is 1. The number of piperidine rings is 1. The van der Waals surface area contributed by atoms with Gasteiger partial charge < -0.3 is 9.47 Å². The summed E-state index contributed by atoms with van der Waals surface area (Å²) in [5.74, 6) is 0.874. The van der Waals surface area contributed by atoms with E-state index in [1.807, 2.05) is 24.4 Å². The zero-order chi connectivity index (χ0) is 22.0. The normalized spacial score (nSPS) is 21.5.